The molecular weight excluding hydrogens is 200 g/mol. The molecule has 0 atom stereocenters. The van der Waals surface area contributed by atoms with Gasteiger partial charge in [-0.05, 0) is 38.1 Å². The summed E-state index contributed by atoms with van der Waals surface area (Å²) in [7, 11) is 1.66. The maximum Gasteiger partial charge on any atom is 0.118 e. The standard InChI is InChI=1S/C13H14N2O/c1-9-8-14-13(10(2)15-9)11-4-6-12(16-3)7-5-11/h4-8H,1-3H3. The summed E-state index contributed by atoms with van der Waals surface area (Å²) in [4.78, 5) is 8.80. The third-order valence-electron chi connectivity index (χ3n) is 2.43. The van der Waals surface area contributed by atoms with Gasteiger partial charge in [0.15, 0.2) is 0 Å². The van der Waals surface area contributed by atoms with Gasteiger partial charge >= 0.3 is 0 Å². The number of hydrogen-bond acceptors (Lipinski definition) is 3. The number of benzene rings is 1. The number of rotatable bonds is 2. The predicted molar refractivity (Wildman–Crippen MR) is 63.5 cm³/mol. The van der Waals surface area contributed by atoms with Gasteiger partial charge in [0.2, 0.25) is 0 Å². The molecule has 0 aliphatic rings. The Kier molecular flexibility index (Phi) is 2.86. The van der Waals surface area contributed by atoms with Crippen LogP contribution in [0, 0.1) is 13.8 Å². The van der Waals surface area contributed by atoms with Gasteiger partial charge in [0.05, 0.1) is 24.2 Å². The highest BCUT2D eigenvalue weighted by Crippen LogP contribution is 2.22. The van der Waals surface area contributed by atoms with Crippen LogP contribution in [0.1, 0.15) is 11.4 Å². The van der Waals surface area contributed by atoms with E-state index < -0.39 is 0 Å². The Hall–Kier alpha value is -1.90. The minimum absolute atomic E-state index is 0.849. The highest BCUT2D eigenvalue weighted by Gasteiger charge is 2.04. The Morgan fingerprint density at radius 3 is 2.31 bits per heavy atom. The number of hydrogen-bond donors (Lipinski definition) is 0. The quantitative estimate of drug-likeness (QED) is 0.771. The summed E-state index contributed by atoms with van der Waals surface area (Å²) in [5.41, 5.74) is 3.87. The van der Waals surface area contributed by atoms with E-state index in [4.69, 9.17) is 4.74 Å². The SMILES string of the molecule is COc1ccc(-c2ncc(C)nc2C)cc1. The van der Waals surface area contributed by atoms with Crippen molar-refractivity contribution in [3.8, 4) is 17.0 Å². The van der Waals surface area contributed by atoms with Gasteiger partial charge in [0, 0.05) is 11.8 Å². The second-order valence-electron chi connectivity index (χ2n) is 3.67. The molecule has 0 amide bonds. The van der Waals surface area contributed by atoms with Gasteiger partial charge < -0.3 is 4.74 Å². The van der Waals surface area contributed by atoms with E-state index in [1.807, 2.05) is 38.1 Å². The minimum atomic E-state index is 0.849. The first-order valence-electron chi connectivity index (χ1n) is 5.15. The molecule has 2 aromatic rings. The molecule has 2 rings (SSSR count). The summed E-state index contributed by atoms with van der Waals surface area (Å²) < 4.78 is 5.12. The Labute approximate surface area is 95.1 Å². The molecule has 0 saturated heterocycles. The zero-order valence-corrected chi connectivity index (χ0v) is 9.69. The maximum atomic E-state index is 5.12. The number of ether oxygens (including phenoxy) is 1. The Morgan fingerprint density at radius 2 is 1.75 bits per heavy atom. The normalized spacial score (nSPS) is 10.2. The fraction of sp³-hybridized carbons (Fsp3) is 0.231. The van der Waals surface area contributed by atoms with Crippen LogP contribution >= 0.6 is 0 Å². The second-order valence-corrected chi connectivity index (χ2v) is 3.67. The highest BCUT2D eigenvalue weighted by molar-refractivity contribution is 5.62. The first-order valence-corrected chi connectivity index (χ1v) is 5.15. The molecule has 0 aliphatic carbocycles. The van der Waals surface area contributed by atoms with Crippen LogP contribution in [0.15, 0.2) is 30.5 Å². The Balaban J connectivity index is 2.42. The van der Waals surface area contributed by atoms with Crippen molar-refractivity contribution in [3.63, 3.8) is 0 Å². The van der Waals surface area contributed by atoms with E-state index in [0.29, 0.717) is 0 Å². The summed E-state index contributed by atoms with van der Waals surface area (Å²) >= 11 is 0. The summed E-state index contributed by atoms with van der Waals surface area (Å²) in [5.74, 6) is 0.849. The molecule has 1 aromatic heterocycles. The summed E-state index contributed by atoms with van der Waals surface area (Å²) in [6.45, 7) is 3.91. The van der Waals surface area contributed by atoms with Crippen LogP contribution in [0.25, 0.3) is 11.3 Å². The third-order valence-corrected chi connectivity index (χ3v) is 2.43. The van der Waals surface area contributed by atoms with Gasteiger partial charge in [-0.2, -0.15) is 0 Å². The monoisotopic (exact) mass is 214 g/mol. The van der Waals surface area contributed by atoms with Crippen LogP contribution in [0.2, 0.25) is 0 Å². The Morgan fingerprint density at radius 1 is 1.06 bits per heavy atom. The summed E-state index contributed by atoms with van der Waals surface area (Å²) in [6, 6.07) is 7.84. The molecule has 3 nitrogen and oxygen atoms in total. The number of nitrogens with zero attached hydrogens (tertiary/aromatic N) is 2. The van der Waals surface area contributed by atoms with Crippen LogP contribution in [-0.2, 0) is 0 Å². The minimum Gasteiger partial charge on any atom is -0.497 e. The van der Waals surface area contributed by atoms with Crippen molar-refractivity contribution in [1.29, 1.82) is 0 Å². The predicted octanol–water partition coefficient (Wildman–Crippen LogP) is 2.77. The van der Waals surface area contributed by atoms with Crippen LogP contribution < -0.4 is 4.74 Å². The lowest BCUT2D eigenvalue weighted by molar-refractivity contribution is 0.415. The topological polar surface area (TPSA) is 35.0 Å². The first kappa shape index (κ1) is 10.6. The van der Waals surface area contributed by atoms with E-state index in [9.17, 15) is 0 Å². The average Bonchev–Trinajstić information content (AvgIpc) is 2.29. The molecule has 16 heavy (non-hydrogen) atoms. The second kappa shape index (κ2) is 4.31. The first-order chi connectivity index (χ1) is 7.70. The Bertz CT molecular complexity index is 492. The number of methoxy groups -OCH3 is 1. The van der Waals surface area contributed by atoms with Crippen molar-refractivity contribution in [2.75, 3.05) is 7.11 Å². The average molecular weight is 214 g/mol. The van der Waals surface area contributed by atoms with Crippen molar-refractivity contribution < 1.29 is 4.74 Å². The number of aromatic nitrogens is 2. The van der Waals surface area contributed by atoms with E-state index in [1.54, 1.807) is 13.3 Å². The van der Waals surface area contributed by atoms with Crippen LogP contribution in [0.5, 0.6) is 5.75 Å². The molecule has 0 saturated carbocycles. The number of aryl methyl sites for hydroxylation is 2. The van der Waals surface area contributed by atoms with Crippen molar-refractivity contribution >= 4 is 0 Å². The lowest BCUT2D eigenvalue weighted by Crippen LogP contribution is -1.94. The van der Waals surface area contributed by atoms with E-state index in [1.165, 1.54) is 0 Å². The fourth-order valence-electron chi connectivity index (χ4n) is 1.63. The van der Waals surface area contributed by atoms with Crippen molar-refractivity contribution in [2.45, 2.75) is 13.8 Å². The highest BCUT2D eigenvalue weighted by atomic mass is 16.5. The maximum absolute atomic E-state index is 5.12. The summed E-state index contributed by atoms with van der Waals surface area (Å²) in [5, 5.41) is 0. The molecule has 1 heterocycles. The zero-order valence-electron chi connectivity index (χ0n) is 9.69. The van der Waals surface area contributed by atoms with Crippen molar-refractivity contribution in [2.24, 2.45) is 0 Å². The molecule has 82 valence electrons. The molecule has 0 bridgehead atoms. The molecule has 1 aromatic carbocycles. The van der Waals surface area contributed by atoms with E-state index in [0.717, 1.165) is 28.4 Å². The summed E-state index contributed by atoms with van der Waals surface area (Å²) in [6.07, 6.45) is 1.78. The van der Waals surface area contributed by atoms with E-state index >= 15 is 0 Å². The van der Waals surface area contributed by atoms with Gasteiger partial charge in [-0.1, -0.05) is 0 Å². The molecule has 0 spiro atoms. The van der Waals surface area contributed by atoms with Crippen LogP contribution in [0.4, 0.5) is 0 Å². The smallest absolute Gasteiger partial charge is 0.118 e. The largest absolute Gasteiger partial charge is 0.497 e. The lowest BCUT2D eigenvalue weighted by Gasteiger charge is -2.06. The molecular formula is C13H14N2O. The third kappa shape index (κ3) is 2.03. The lowest BCUT2D eigenvalue weighted by atomic mass is 10.1. The van der Waals surface area contributed by atoms with Gasteiger partial charge in [0.1, 0.15) is 5.75 Å². The fourth-order valence-corrected chi connectivity index (χ4v) is 1.63. The van der Waals surface area contributed by atoms with Gasteiger partial charge in [-0.3, -0.25) is 9.97 Å². The molecule has 0 unspecified atom stereocenters. The molecule has 0 radical (unpaired) electrons. The molecule has 0 aliphatic heterocycles. The van der Waals surface area contributed by atoms with Gasteiger partial charge in [0.25, 0.3) is 0 Å². The van der Waals surface area contributed by atoms with Crippen LogP contribution in [0.3, 0.4) is 0 Å². The zero-order chi connectivity index (χ0) is 11.5. The molecule has 3 heteroatoms. The van der Waals surface area contributed by atoms with E-state index in [2.05, 4.69) is 9.97 Å². The molecule has 0 fully saturated rings. The van der Waals surface area contributed by atoms with Gasteiger partial charge in [-0.15, -0.1) is 0 Å². The van der Waals surface area contributed by atoms with Crippen molar-refractivity contribution in [3.05, 3.63) is 41.9 Å². The van der Waals surface area contributed by atoms with E-state index in [-0.39, 0.29) is 0 Å². The van der Waals surface area contributed by atoms with Gasteiger partial charge in [-0.25, -0.2) is 0 Å². The molecule has 0 N–H and O–H groups in total. The van der Waals surface area contributed by atoms with Crippen molar-refractivity contribution in [1.82, 2.24) is 9.97 Å². The van der Waals surface area contributed by atoms with Crippen LogP contribution in [-0.4, -0.2) is 17.1 Å².